The third-order valence-corrected chi connectivity index (χ3v) is 5.75. The molecule has 5 nitrogen and oxygen atoms in total. The zero-order valence-corrected chi connectivity index (χ0v) is 14.2. The summed E-state index contributed by atoms with van der Waals surface area (Å²) < 4.78 is 24.6. The molecule has 21 heavy (non-hydrogen) atoms. The van der Waals surface area contributed by atoms with Gasteiger partial charge in [0.1, 0.15) is 5.82 Å². The second kappa shape index (κ2) is 5.93. The molecule has 0 saturated carbocycles. The van der Waals surface area contributed by atoms with Gasteiger partial charge in [0, 0.05) is 32.4 Å². The van der Waals surface area contributed by atoms with E-state index in [1.807, 2.05) is 6.20 Å². The maximum atomic E-state index is 11.5. The number of hydrogen-bond acceptors (Lipinski definition) is 4. The van der Waals surface area contributed by atoms with Crippen LogP contribution in [-0.2, 0) is 15.4 Å². The van der Waals surface area contributed by atoms with Gasteiger partial charge in [-0.3, -0.25) is 0 Å². The Morgan fingerprint density at radius 1 is 1.24 bits per heavy atom. The number of sulfonamides is 1. The smallest absolute Gasteiger partial charge is 0.211 e. The van der Waals surface area contributed by atoms with E-state index in [0.29, 0.717) is 26.2 Å². The van der Waals surface area contributed by atoms with Crippen molar-refractivity contribution in [2.75, 3.05) is 37.3 Å². The molecule has 6 heteroatoms. The molecule has 1 fully saturated rings. The molecule has 2 heterocycles. The fourth-order valence-electron chi connectivity index (χ4n) is 2.47. The maximum Gasteiger partial charge on any atom is 0.211 e. The summed E-state index contributed by atoms with van der Waals surface area (Å²) in [7, 11) is -3.08. The summed E-state index contributed by atoms with van der Waals surface area (Å²) in [5.74, 6) is 0.946. The van der Waals surface area contributed by atoms with Crippen molar-refractivity contribution in [1.82, 2.24) is 9.29 Å². The highest BCUT2D eigenvalue weighted by Gasteiger charge is 2.25. The SMILES string of the molecule is CCC(C)(C)c1ccnc(N2CCN(S(C)(=O)=O)CC2)c1. The van der Waals surface area contributed by atoms with Crippen molar-refractivity contribution in [3.8, 4) is 0 Å². The van der Waals surface area contributed by atoms with Crippen LogP contribution in [-0.4, -0.2) is 50.1 Å². The standard InChI is InChI=1S/C15H25N3O2S/c1-5-15(2,3)13-6-7-16-14(12-13)17-8-10-18(11-9-17)21(4,19)20/h6-7,12H,5,8-11H2,1-4H3. The van der Waals surface area contributed by atoms with Gasteiger partial charge in [0.2, 0.25) is 10.0 Å². The van der Waals surface area contributed by atoms with E-state index < -0.39 is 10.0 Å². The van der Waals surface area contributed by atoms with E-state index in [1.165, 1.54) is 16.1 Å². The van der Waals surface area contributed by atoms with Crippen LogP contribution in [0.15, 0.2) is 18.3 Å². The number of aromatic nitrogens is 1. The van der Waals surface area contributed by atoms with Gasteiger partial charge in [-0.05, 0) is 29.5 Å². The molecule has 1 saturated heterocycles. The minimum absolute atomic E-state index is 0.131. The first kappa shape index (κ1) is 16.2. The third kappa shape index (κ3) is 3.74. The van der Waals surface area contributed by atoms with Gasteiger partial charge in [-0.25, -0.2) is 13.4 Å². The van der Waals surface area contributed by atoms with Gasteiger partial charge in [0.15, 0.2) is 0 Å². The lowest BCUT2D eigenvalue weighted by Gasteiger charge is -2.34. The average molecular weight is 311 g/mol. The van der Waals surface area contributed by atoms with Gasteiger partial charge in [-0.15, -0.1) is 0 Å². The molecule has 0 aliphatic carbocycles. The highest BCUT2D eigenvalue weighted by Crippen LogP contribution is 2.28. The average Bonchev–Trinajstić information content (AvgIpc) is 2.46. The van der Waals surface area contributed by atoms with Crippen LogP contribution in [0.4, 0.5) is 5.82 Å². The first-order valence-electron chi connectivity index (χ1n) is 7.40. The molecule has 0 bridgehead atoms. The van der Waals surface area contributed by atoms with E-state index in [1.54, 1.807) is 0 Å². The van der Waals surface area contributed by atoms with Gasteiger partial charge in [0.25, 0.3) is 0 Å². The lowest BCUT2D eigenvalue weighted by molar-refractivity contribution is 0.387. The molecule has 0 amide bonds. The topological polar surface area (TPSA) is 53.5 Å². The van der Waals surface area contributed by atoms with Crippen LogP contribution in [0.5, 0.6) is 0 Å². The molecule has 0 atom stereocenters. The highest BCUT2D eigenvalue weighted by atomic mass is 32.2. The second-order valence-corrected chi connectivity index (χ2v) is 8.27. The van der Waals surface area contributed by atoms with Crippen molar-refractivity contribution in [1.29, 1.82) is 0 Å². The molecular weight excluding hydrogens is 286 g/mol. The van der Waals surface area contributed by atoms with Gasteiger partial charge in [0.05, 0.1) is 6.26 Å². The van der Waals surface area contributed by atoms with Gasteiger partial charge >= 0.3 is 0 Å². The van der Waals surface area contributed by atoms with Crippen LogP contribution < -0.4 is 4.90 Å². The van der Waals surface area contributed by atoms with Crippen molar-refractivity contribution in [3.63, 3.8) is 0 Å². The summed E-state index contributed by atoms with van der Waals surface area (Å²) >= 11 is 0. The Balaban J connectivity index is 2.13. The number of pyridine rings is 1. The molecule has 0 radical (unpaired) electrons. The Labute approximate surface area is 128 Å². The Morgan fingerprint density at radius 2 is 1.86 bits per heavy atom. The maximum absolute atomic E-state index is 11.5. The van der Waals surface area contributed by atoms with Gasteiger partial charge in [-0.1, -0.05) is 20.8 Å². The van der Waals surface area contributed by atoms with Crippen molar-refractivity contribution in [2.24, 2.45) is 0 Å². The minimum Gasteiger partial charge on any atom is -0.354 e. The van der Waals surface area contributed by atoms with E-state index in [2.05, 4.69) is 42.8 Å². The van der Waals surface area contributed by atoms with Crippen LogP contribution in [0.25, 0.3) is 0 Å². The van der Waals surface area contributed by atoms with E-state index in [-0.39, 0.29) is 5.41 Å². The van der Waals surface area contributed by atoms with E-state index in [9.17, 15) is 8.42 Å². The summed E-state index contributed by atoms with van der Waals surface area (Å²) in [6.45, 7) is 9.09. The molecule has 0 N–H and O–H groups in total. The summed E-state index contributed by atoms with van der Waals surface area (Å²) in [5, 5.41) is 0. The predicted molar refractivity (Wildman–Crippen MR) is 86.2 cm³/mol. The summed E-state index contributed by atoms with van der Waals surface area (Å²) in [4.78, 5) is 6.62. The van der Waals surface area contributed by atoms with E-state index in [4.69, 9.17) is 0 Å². The monoisotopic (exact) mass is 311 g/mol. The molecule has 0 spiro atoms. The number of nitrogens with zero attached hydrogens (tertiary/aromatic N) is 3. The van der Waals surface area contributed by atoms with Crippen molar-refractivity contribution < 1.29 is 8.42 Å². The minimum atomic E-state index is -3.08. The number of hydrogen-bond donors (Lipinski definition) is 0. The van der Waals surface area contributed by atoms with Crippen LogP contribution in [0, 0.1) is 0 Å². The Kier molecular flexibility index (Phi) is 4.58. The summed E-state index contributed by atoms with van der Waals surface area (Å²) in [6.07, 6.45) is 4.19. The molecule has 0 unspecified atom stereocenters. The third-order valence-electron chi connectivity index (χ3n) is 4.44. The highest BCUT2D eigenvalue weighted by molar-refractivity contribution is 7.88. The van der Waals surface area contributed by atoms with Crippen LogP contribution in [0.2, 0.25) is 0 Å². The molecule has 2 rings (SSSR count). The molecule has 1 aromatic heterocycles. The quantitative estimate of drug-likeness (QED) is 0.851. The largest absolute Gasteiger partial charge is 0.354 e. The summed E-state index contributed by atoms with van der Waals surface area (Å²) in [5.41, 5.74) is 1.41. The van der Waals surface area contributed by atoms with Crippen molar-refractivity contribution >= 4 is 15.8 Å². The van der Waals surface area contributed by atoms with Crippen molar-refractivity contribution in [3.05, 3.63) is 23.9 Å². The fourth-order valence-corrected chi connectivity index (χ4v) is 3.29. The van der Waals surface area contributed by atoms with E-state index in [0.717, 1.165) is 12.2 Å². The van der Waals surface area contributed by atoms with Crippen LogP contribution >= 0.6 is 0 Å². The second-order valence-electron chi connectivity index (χ2n) is 6.29. The fraction of sp³-hybridized carbons (Fsp3) is 0.667. The molecule has 0 aromatic carbocycles. The Bertz CT molecular complexity index is 591. The first-order chi connectivity index (χ1) is 9.74. The van der Waals surface area contributed by atoms with Crippen LogP contribution in [0.3, 0.4) is 0 Å². The van der Waals surface area contributed by atoms with Crippen molar-refractivity contribution in [2.45, 2.75) is 32.6 Å². The lowest BCUT2D eigenvalue weighted by atomic mass is 9.83. The molecule has 1 aliphatic heterocycles. The van der Waals surface area contributed by atoms with E-state index >= 15 is 0 Å². The Morgan fingerprint density at radius 3 is 2.38 bits per heavy atom. The predicted octanol–water partition coefficient (Wildman–Crippen LogP) is 1.85. The first-order valence-corrected chi connectivity index (χ1v) is 9.25. The normalized spacial score (nSPS) is 18.0. The molecule has 1 aliphatic rings. The number of rotatable bonds is 4. The zero-order valence-electron chi connectivity index (χ0n) is 13.3. The Hall–Kier alpha value is -1.14. The molecule has 118 valence electrons. The summed E-state index contributed by atoms with van der Waals surface area (Å²) in [6, 6.07) is 4.21. The van der Waals surface area contributed by atoms with Gasteiger partial charge < -0.3 is 4.90 Å². The molecule has 1 aromatic rings. The van der Waals surface area contributed by atoms with Gasteiger partial charge in [-0.2, -0.15) is 4.31 Å². The van der Waals surface area contributed by atoms with Crippen LogP contribution in [0.1, 0.15) is 32.8 Å². The lowest BCUT2D eigenvalue weighted by Crippen LogP contribution is -2.48. The molecular formula is C15H25N3O2S. The zero-order chi connectivity index (χ0) is 15.7. The number of piperazine rings is 1. The number of anilines is 1.